The van der Waals surface area contributed by atoms with Gasteiger partial charge in [0.05, 0.1) is 0 Å². The first-order valence-electron chi connectivity index (χ1n) is 4.54. The summed E-state index contributed by atoms with van der Waals surface area (Å²) in [5.41, 5.74) is -0.596. The van der Waals surface area contributed by atoms with Crippen LogP contribution in [0.3, 0.4) is 0 Å². The van der Waals surface area contributed by atoms with Gasteiger partial charge in [0.1, 0.15) is 0 Å². The monoisotopic (exact) mass is 198 g/mol. The van der Waals surface area contributed by atoms with Crippen LogP contribution >= 0.6 is 0 Å². The Balaban J connectivity index is 2.90. The number of nitrogens with zero attached hydrogens (tertiary/aromatic N) is 2. The molecule has 1 heterocycles. The van der Waals surface area contributed by atoms with E-state index in [1.54, 1.807) is 7.05 Å². The van der Waals surface area contributed by atoms with Crippen LogP contribution in [0.2, 0.25) is 0 Å². The third-order valence-electron chi connectivity index (χ3n) is 2.03. The summed E-state index contributed by atoms with van der Waals surface area (Å²) in [7, 11) is 1.60. The highest BCUT2D eigenvalue weighted by molar-refractivity contribution is 4.85. The Hall–Kier alpha value is -1.36. The molecule has 0 aliphatic rings. The maximum Gasteiger partial charge on any atom is 0.330 e. The number of unbranched alkanes of at least 4 members (excludes halogenated alkanes) is 1. The van der Waals surface area contributed by atoms with Gasteiger partial charge < -0.3 is 9.67 Å². The minimum absolute atomic E-state index is 0.0852. The summed E-state index contributed by atoms with van der Waals surface area (Å²) in [6, 6.07) is 1.36. The largest absolute Gasteiger partial charge is 0.396 e. The van der Waals surface area contributed by atoms with Crippen LogP contribution in [-0.4, -0.2) is 20.8 Å². The van der Waals surface area contributed by atoms with E-state index in [4.69, 9.17) is 5.11 Å². The number of aryl methyl sites for hydroxylation is 1. The maximum absolute atomic E-state index is 11.4. The predicted octanol–water partition coefficient (Wildman–Crippen LogP) is -0.681. The lowest BCUT2D eigenvalue weighted by molar-refractivity contribution is 0.280. The van der Waals surface area contributed by atoms with Crippen LogP contribution in [0.5, 0.6) is 0 Å². The van der Waals surface area contributed by atoms with Gasteiger partial charge in [-0.3, -0.25) is 9.36 Å². The fraction of sp³-hybridized carbons (Fsp3) is 0.556. The van der Waals surface area contributed by atoms with Crippen molar-refractivity contribution in [1.29, 1.82) is 0 Å². The van der Waals surface area contributed by atoms with Gasteiger partial charge in [0.25, 0.3) is 5.56 Å². The molecule has 1 N–H and O–H groups in total. The highest BCUT2D eigenvalue weighted by atomic mass is 16.3. The Morgan fingerprint density at radius 3 is 2.71 bits per heavy atom. The van der Waals surface area contributed by atoms with Gasteiger partial charge in [-0.25, -0.2) is 4.79 Å². The molecule has 0 unspecified atom stereocenters. The molecule has 0 aliphatic heterocycles. The number of hydrogen-bond donors (Lipinski definition) is 1. The van der Waals surface area contributed by atoms with E-state index >= 15 is 0 Å². The molecule has 0 bridgehead atoms. The SMILES string of the molecule is Cn1ccc(=O)n(CCCCO)c1=O. The molecule has 0 aliphatic carbocycles. The summed E-state index contributed by atoms with van der Waals surface area (Å²) in [6.45, 7) is 0.453. The fourth-order valence-electron chi connectivity index (χ4n) is 1.20. The predicted molar refractivity (Wildman–Crippen MR) is 52.3 cm³/mol. The molecule has 0 radical (unpaired) electrons. The lowest BCUT2D eigenvalue weighted by Crippen LogP contribution is -2.37. The molecule has 1 aromatic heterocycles. The van der Waals surface area contributed by atoms with Crippen molar-refractivity contribution in [3.05, 3.63) is 33.1 Å². The Labute approximate surface area is 81.2 Å². The molecule has 78 valence electrons. The minimum Gasteiger partial charge on any atom is -0.396 e. The van der Waals surface area contributed by atoms with E-state index in [2.05, 4.69) is 0 Å². The van der Waals surface area contributed by atoms with E-state index in [1.807, 2.05) is 0 Å². The number of hydrogen-bond acceptors (Lipinski definition) is 3. The summed E-state index contributed by atoms with van der Waals surface area (Å²) >= 11 is 0. The Morgan fingerprint density at radius 2 is 2.07 bits per heavy atom. The molecule has 0 spiro atoms. The molecular weight excluding hydrogens is 184 g/mol. The van der Waals surface area contributed by atoms with E-state index in [0.29, 0.717) is 19.4 Å². The van der Waals surface area contributed by atoms with Gasteiger partial charge in [-0.2, -0.15) is 0 Å². The lowest BCUT2D eigenvalue weighted by Gasteiger charge is -2.04. The molecule has 0 saturated carbocycles. The lowest BCUT2D eigenvalue weighted by atomic mass is 10.3. The molecular formula is C9H14N2O3. The molecule has 1 rings (SSSR count). The second-order valence-corrected chi connectivity index (χ2v) is 3.13. The number of aromatic nitrogens is 2. The summed E-state index contributed by atoms with van der Waals surface area (Å²) in [4.78, 5) is 22.7. The van der Waals surface area contributed by atoms with Crippen LogP contribution in [0.25, 0.3) is 0 Å². The first-order valence-corrected chi connectivity index (χ1v) is 4.54. The van der Waals surface area contributed by atoms with Crippen molar-refractivity contribution >= 4 is 0 Å². The molecule has 0 fully saturated rings. The topological polar surface area (TPSA) is 64.2 Å². The average molecular weight is 198 g/mol. The maximum atomic E-state index is 11.4. The molecule has 14 heavy (non-hydrogen) atoms. The van der Waals surface area contributed by atoms with Gasteiger partial charge in [0.2, 0.25) is 0 Å². The third kappa shape index (κ3) is 2.32. The van der Waals surface area contributed by atoms with Crippen LogP contribution in [0.1, 0.15) is 12.8 Å². The number of aliphatic hydroxyl groups excluding tert-OH is 1. The van der Waals surface area contributed by atoms with Gasteiger partial charge in [0, 0.05) is 32.5 Å². The highest BCUT2D eigenvalue weighted by Crippen LogP contribution is 1.88. The smallest absolute Gasteiger partial charge is 0.330 e. The van der Waals surface area contributed by atoms with Crippen LogP contribution in [0.4, 0.5) is 0 Å². The molecule has 1 aromatic rings. The van der Waals surface area contributed by atoms with E-state index in [-0.39, 0.29) is 17.9 Å². The highest BCUT2D eigenvalue weighted by Gasteiger charge is 2.01. The van der Waals surface area contributed by atoms with Crippen molar-refractivity contribution in [2.24, 2.45) is 7.05 Å². The molecule has 0 amide bonds. The summed E-state index contributed by atoms with van der Waals surface area (Å²) < 4.78 is 2.54. The summed E-state index contributed by atoms with van der Waals surface area (Å²) in [5.74, 6) is 0. The zero-order chi connectivity index (χ0) is 10.6. The Morgan fingerprint density at radius 1 is 1.36 bits per heavy atom. The van der Waals surface area contributed by atoms with Crippen molar-refractivity contribution in [3.8, 4) is 0 Å². The minimum atomic E-state index is -0.310. The van der Waals surface area contributed by atoms with Crippen molar-refractivity contribution < 1.29 is 5.11 Å². The second kappa shape index (κ2) is 4.76. The van der Waals surface area contributed by atoms with Crippen molar-refractivity contribution in [2.75, 3.05) is 6.61 Å². The van der Waals surface area contributed by atoms with Crippen molar-refractivity contribution in [2.45, 2.75) is 19.4 Å². The van der Waals surface area contributed by atoms with Crippen LogP contribution in [0, 0.1) is 0 Å². The van der Waals surface area contributed by atoms with Crippen LogP contribution in [-0.2, 0) is 13.6 Å². The third-order valence-corrected chi connectivity index (χ3v) is 2.03. The van der Waals surface area contributed by atoms with E-state index in [0.717, 1.165) is 0 Å². The normalized spacial score (nSPS) is 10.4. The standard InChI is InChI=1S/C9H14N2O3/c1-10-6-4-8(13)11(9(10)14)5-2-3-7-12/h4,6,12H,2-3,5,7H2,1H3. The van der Waals surface area contributed by atoms with Crippen molar-refractivity contribution in [3.63, 3.8) is 0 Å². The first kappa shape index (κ1) is 10.7. The average Bonchev–Trinajstić information content (AvgIpc) is 2.18. The quantitative estimate of drug-likeness (QED) is 0.652. The molecule has 0 atom stereocenters. The van der Waals surface area contributed by atoms with E-state index in [9.17, 15) is 9.59 Å². The summed E-state index contributed by atoms with van der Waals surface area (Å²) in [6.07, 6.45) is 2.69. The zero-order valence-electron chi connectivity index (χ0n) is 8.14. The number of rotatable bonds is 4. The molecule has 0 saturated heterocycles. The van der Waals surface area contributed by atoms with Gasteiger partial charge in [-0.1, -0.05) is 0 Å². The van der Waals surface area contributed by atoms with Crippen LogP contribution in [0.15, 0.2) is 21.9 Å². The van der Waals surface area contributed by atoms with Gasteiger partial charge in [-0.15, -0.1) is 0 Å². The van der Waals surface area contributed by atoms with Gasteiger partial charge in [-0.05, 0) is 12.8 Å². The first-order chi connectivity index (χ1) is 6.66. The van der Waals surface area contributed by atoms with E-state index in [1.165, 1.54) is 21.4 Å². The fourth-order valence-corrected chi connectivity index (χ4v) is 1.20. The summed E-state index contributed by atoms with van der Waals surface area (Å²) in [5, 5.41) is 8.57. The van der Waals surface area contributed by atoms with Gasteiger partial charge in [0.15, 0.2) is 0 Å². The molecule has 5 nitrogen and oxygen atoms in total. The Kier molecular flexibility index (Phi) is 3.64. The zero-order valence-corrected chi connectivity index (χ0v) is 8.14. The van der Waals surface area contributed by atoms with Crippen LogP contribution < -0.4 is 11.2 Å². The van der Waals surface area contributed by atoms with E-state index < -0.39 is 0 Å². The van der Waals surface area contributed by atoms with Gasteiger partial charge >= 0.3 is 5.69 Å². The van der Waals surface area contributed by atoms with Crippen molar-refractivity contribution in [1.82, 2.24) is 9.13 Å². The number of aliphatic hydroxyl groups is 1. The molecule has 5 heteroatoms. The molecule has 0 aromatic carbocycles. The second-order valence-electron chi connectivity index (χ2n) is 3.13. The Bertz CT molecular complexity index is 405.